The molecule has 0 unspecified atom stereocenters. The SMILES string of the molecule is Cn1ncc(NC(=O)c2ccn(COc3ccc(-c4ccccc4)cc3)n2)c1C(=O)NCc1ccco1. The first-order chi connectivity index (χ1) is 18.1. The van der Waals surface area contributed by atoms with Crippen molar-refractivity contribution in [2.45, 2.75) is 13.3 Å². The first-order valence-electron chi connectivity index (χ1n) is 11.5. The van der Waals surface area contributed by atoms with E-state index in [2.05, 4.69) is 20.8 Å². The van der Waals surface area contributed by atoms with E-state index in [0.29, 0.717) is 11.5 Å². The molecule has 2 amide bonds. The molecule has 0 aliphatic rings. The number of benzene rings is 2. The van der Waals surface area contributed by atoms with E-state index >= 15 is 0 Å². The van der Waals surface area contributed by atoms with E-state index in [1.165, 1.54) is 21.8 Å². The van der Waals surface area contributed by atoms with Crippen LogP contribution in [-0.4, -0.2) is 31.4 Å². The predicted octanol–water partition coefficient (Wildman–Crippen LogP) is 4.10. The normalized spacial score (nSPS) is 10.7. The van der Waals surface area contributed by atoms with Crippen LogP contribution in [0.5, 0.6) is 5.75 Å². The van der Waals surface area contributed by atoms with Crippen LogP contribution in [0.2, 0.25) is 0 Å². The molecule has 5 aromatic rings. The summed E-state index contributed by atoms with van der Waals surface area (Å²) in [6, 6.07) is 22.9. The van der Waals surface area contributed by atoms with Crippen LogP contribution >= 0.6 is 0 Å². The molecule has 3 heterocycles. The average Bonchev–Trinajstić information content (AvgIpc) is 3.69. The van der Waals surface area contributed by atoms with Crippen LogP contribution in [0.15, 0.2) is 95.9 Å². The van der Waals surface area contributed by atoms with Crippen LogP contribution in [0.3, 0.4) is 0 Å². The molecule has 0 atom stereocenters. The van der Waals surface area contributed by atoms with Crippen molar-refractivity contribution >= 4 is 17.5 Å². The summed E-state index contributed by atoms with van der Waals surface area (Å²) >= 11 is 0. The minimum atomic E-state index is -0.473. The molecule has 0 saturated heterocycles. The van der Waals surface area contributed by atoms with Crippen molar-refractivity contribution in [3.05, 3.63) is 109 Å². The van der Waals surface area contributed by atoms with E-state index in [9.17, 15) is 9.59 Å². The maximum absolute atomic E-state index is 12.8. The summed E-state index contributed by atoms with van der Waals surface area (Å²) in [4.78, 5) is 25.5. The summed E-state index contributed by atoms with van der Waals surface area (Å²) in [5, 5.41) is 13.8. The summed E-state index contributed by atoms with van der Waals surface area (Å²) in [5.41, 5.74) is 2.88. The third-order valence-electron chi connectivity index (χ3n) is 5.60. The van der Waals surface area contributed by atoms with Gasteiger partial charge in [-0.1, -0.05) is 42.5 Å². The molecule has 0 bridgehead atoms. The molecule has 186 valence electrons. The van der Waals surface area contributed by atoms with E-state index < -0.39 is 11.8 Å². The molecule has 2 N–H and O–H groups in total. The number of rotatable bonds is 9. The van der Waals surface area contributed by atoms with Gasteiger partial charge >= 0.3 is 0 Å². The van der Waals surface area contributed by atoms with Gasteiger partial charge < -0.3 is 19.8 Å². The molecule has 10 heteroatoms. The molecule has 0 spiro atoms. The lowest BCUT2D eigenvalue weighted by Gasteiger charge is -2.08. The van der Waals surface area contributed by atoms with Gasteiger partial charge in [-0.25, -0.2) is 4.68 Å². The van der Waals surface area contributed by atoms with E-state index in [1.807, 2.05) is 54.6 Å². The van der Waals surface area contributed by atoms with E-state index in [1.54, 1.807) is 31.4 Å². The largest absolute Gasteiger partial charge is 0.471 e. The van der Waals surface area contributed by atoms with Gasteiger partial charge in [-0.2, -0.15) is 10.2 Å². The second-order valence-electron chi connectivity index (χ2n) is 8.15. The Kier molecular flexibility index (Phi) is 6.80. The molecular weight excluding hydrogens is 472 g/mol. The van der Waals surface area contributed by atoms with Crippen molar-refractivity contribution < 1.29 is 18.7 Å². The van der Waals surface area contributed by atoms with Gasteiger partial charge in [0.2, 0.25) is 0 Å². The van der Waals surface area contributed by atoms with Crippen LogP contribution in [0.1, 0.15) is 26.7 Å². The smallest absolute Gasteiger partial charge is 0.276 e. The lowest BCUT2D eigenvalue weighted by atomic mass is 10.1. The number of nitrogens with zero attached hydrogens (tertiary/aromatic N) is 4. The Hall–Kier alpha value is -5.12. The number of ether oxygens (including phenoxy) is 1. The Bertz CT molecular complexity index is 1490. The average molecular weight is 497 g/mol. The Labute approximate surface area is 212 Å². The summed E-state index contributed by atoms with van der Waals surface area (Å²) in [5.74, 6) is 0.422. The maximum Gasteiger partial charge on any atom is 0.276 e. The number of amides is 2. The monoisotopic (exact) mass is 496 g/mol. The van der Waals surface area contributed by atoms with Crippen molar-refractivity contribution in [1.82, 2.24) is 24.9 Å². The Morgan fingerprint density at radius 2 is 1.73 bits per heavy atom. The highest BCUT2D eigenvalue weighted by Crippen LogP contribution is 2.22. The number of aryl methyl sites for hydroxylation is 1. The summed E-state index contributed by atoms with van der Waals surface area (Å²) in [6.45, 7) is 0.342. The van der Waals surface area contributed by atoms with Crippen molar-refractivity contribution in [3.63, 3.8) is 0 Å². The van der Waals surface area contributed by atoms with Crippen LogP contribution in [0.4, 0.5) is 5.69 Å². The van der Waals surface area contributed by atoms with Crippen molar-refractivity contribution in [1.29, 1.82) is 0 Å². The van der Waals surface area contributed by atoms with Crippen LogP contribution < -0.4 is 15.4 Å². The standard InChI is InChI=1S/C27H24N6O4/c1-32-25(27(35)28-16-22-8-5-15-36-22)24(17-29-32)30-26(34)23-13-14-33(31-23)18-37-21-11-9-20(10-12-21)19-6-3-2-4-7-19/h2-15,17H,16,18H2,1H3,(H,28,35)(H,30,34). The number of hydrogen-bond acceptors (Lipinski definition) is 6. The van der Waals surface area contributed by atoms with Gasteiger partial charge in [0, 0.05) is 13.2 Å². The predicted molar refractivity (Wildman–Crippen MR) is 136 cm³/mol. The van der Waals surface area contributed by atoms with E-state index in [-0.39, 0.29) is 30.4 Å². The number of aromatic nitrogens is 4. The second kappa shape index (κ2) is 10.6. The van der Waals surface area contributed by atoms with Crippen molar-refractivity contribution in [3.8, 4) is 16.9 Å². The highest BCUT2D eigenvalue weighted by atomic mass is 16.5. The zero-order valence-electron chi connectivity index (χ0n) is 20.0. The number of nitrogens with one attached hydrogen (secondary N) is 2. The zero-order chi connectivity index (χ0) is 25.6. The molecule has 2 aromatic carbocycles. The van der Waals surface area contributed by atoms with Gasteiger partial charge in [-0.3, -0.25) is 14.3 Å². The number of anilines is 1. The van der Waals surface area contributed by atoms with Crippen LogP contribution in [0, 0.1) is 0 Å². The number of carbonyl (C=O) groups is 2. The van der Waals surface area contributed by atoms with Gasteiger partial charge in [0.25, 0.3) is 11.8 Å². The number of furan rings is 1. The van der Waals surface area contributed by atoms with E-state index in [0.717, 1.165) is 11.1 Å². The first-order valence-corrected chi connectivity index (χ1v) is 11.5. The van der Waals surface area contributed by atoms with Crippen molar-refractivity contribution in [2.24, 2.45) is 7.05 Å². The fourth-order valence-electron chi connectivity index (χ4n) is 3.72. The third-order valence-corrected chi connectivity index (χ3v) is 5.60. The molecule has 0 fully saturated rings. The van der Waals surface area contributed by atoms with Crippen LogP contribution in [-0.2, 0) is 20.3 Å². The van der Waals surface area contributed by atoms with E-state index in [4.69, 9.17) is 9.15 Å². The third kappa shape index (κ3) is 5.59. The van der Waals surface area contributed by atoms with Gasteiger partial charge in [0.15, 0.2) is 12.4 Å². The quantitative estimate of drug-likeness (QED) is 0.317. The highest BCUT2D eigenvalue weighted by molar-refractivity contribution is 6.07. The van der Waals surface area contributed by atoms with Gasteiger partial charge in [0.1, 0.15) is 17.2 Å². The maximum atomic E-state index is 12.8. The Morgan fingerprint density at radius 3 is 2.49 bits per heavy atom. The molecule has 0 saturated carbocycles. The molecule has 0 aliphatic carbocycles. The fraction of sp³-hybridized carbons (Fsp3) is 0.111. The molecule has 3 aromatic heterocycles. The number of carbonyl (C=O) groups excluding carboxylic acids is 2. The fourth-order valence-corrected chi connectivity index (χ4v) is 3.72. The Balaban J connectivity index is 1.18. The molecule has 0 aliphatic heterocycles. The lowest BCUT2D eigenvalue weighted by Crippen LogP contribution is -2.26. The van der Waals surface area contributed by atoms with Gasteiger partial charge in [0.05, 0.1) is 24.7 Å². The number of hydrogen-bond donors (Lipinski definition) is 2. The molecular formula is C27H24N6O4. The minimum absolute atomic E-state index is 0.130. The lowest BCUT2D eigenvalue weighted by molar-refractivity contribution is 0.0939. The molecule has 10 nitrogen and oxygen atoms in total. The Morgan fingerprint density at radius 1 is 0.946 bits per heavy atom. The second-order valence-corrected chi connectivity index (χ2v) is 8.15. The minimum Gasteiger partial charge on any atom is -0.471 e. The topological polar surface area (TPSA) is 116 Å². The summed E-state index contributed by atoms with van der Waals surface area (Å²) in [7, 11) is 1.62. The zero-order valence-corrected chi connectivity index (χ0v) is 20.0. The van der Waals surface area contributed by atoms with Crippen LogP contribution in [0.25, 0.3) is 11.1 Å². The molecule has 0 radical (unpaired) electrons. The van der Waals surface area contributed by atoms with Gasteiger partial charge in [-0.15, -0.1) is 0 Å². The molecule has 5 rings (SSSR count). The van der Waals surface area contributed by atoms with Crippen molar-refractivity contribution in [2.75, 3.05) is 5.32 Å². The summed E-state index contributed by atoms with van der Waals surface area (Å²) < 4.78 is 13.9. The highest BCUT2D eigenvalue weighted by Gasteiger charge is 2.20. The first kappa shape index (κ1) is 23.6. The van der Waals surface area contributed by atoms with Gasteiger partial charge in [-0.05, 0) is 41.5 Å². The summed E-state index contributed by atoms with van der Waals surface area (Å²) in [6.07, 6.45) is 4.59. The molecule has 37 heavy (non-hydrogen) atoms.